The topological polar surface area (TPSA) is 92.2 Å². The van der Waals surface area contributed by atoms with Crippen molar-refractivity contribution < 1.29 is 39.5 Å². The Morgan fingerprint density at radius 1 is 1.50 bits per heavy atom. The molecular weight excluding hydrogens is 143 g/mol. The van der Waals surface area contributed by atoms with Crippen molar-refractivity contribution in [2.75, 3.05) is 13.1 Å². The Labute approximate surface area is 82.2 Å². The normalized spacial score (nSPS) is 11.8. The van der Waals surface area contributed by atoms with Crippen LogP contribution in [-0.2, 0) is 4.79 Å². The second-order valence-electron chi connectivity index (χ2n) is 1.83. The fraction of sp³-hybridized carbons (Fsp3) is 0.800. The van der Waals surface area contributed by atoms with Crippen molar-refractivity contribution in [3.8, 4) is 0 Å². The Hall–Kier alpha value is 0.390. The van der Waals surface area contributed by atoms with Crippen LogP contribution in [-0.4, -0.2) is 19.1 Å². The average Bonchev–Trinajstić information content (AvgIpc) is 1.82. The Balaban J connectivity index is 0. The molecule has 54 valence electrons. The number of nitrogens with two attached hydrogens (primary N) is 2. The summed E-state index contributed by atoms with van der Waals surface area (Å²) in [5.74, 6) is -1.68. The van der Waals surface area contributed by atoms with Crippen LogP contribution in [0.2, 0.25) is 0 Å². The molecule has 0 saturated carbocycles. The van der Waals surface area contributed by atoms with E-state index in [0.717, 1.165) is 0 Å². The number of carbonyl (C=O) groups excluding carboxylic acids is 1. The van der Waals surface area contributed by atoms with Gasteiger partial charge >= 0.3 is 29.6 Å². The molecule has 4 N–H and O–H groups in total. The second-order valence-corrected chi connectivity index (χ2v) is 1.83. The number of hydrogen-bond acceptors (Lipinski definition) is 4. The first kappa shape index (κ1) is 13.0. The molecule has 0 aliphatic rings. The van der Waals surface area contributed by atoms with Gasteiger partial charge in [-0.2, -0.15) is 0 Å². The Kier molecular flexibility index (Phi) is 9.76. The summed E-state index contributed by atoms with van der Waals surface area (Å²) in [6.07, 6.45) is 0.402. The summed E-state index contributed by atoms with van der Waals surface area (Å²) in [5.41, 5.74) is 10.2. The van der Waals surface area contributed by atoms with Crippen molar-refractivity contribution in [1.82, 2.24) is 0 Å². The largest absolute Gasteiger partial charge is 1.00 e. The predicted molar refractivity (Wildman–Crippen MR) is 31.2 cm³/mol. The molecule has 0 radical (unpaired) electrons. The SMILES string of the molecule is NCCC(CN)C(=O)[O-].[Na+]. The van der Waals surface area contributed by atoms with Gasteiger partial charge in [-0.15, -0.1) is 0 Å². The molecule has 1 atom stereocenters. The van der Waals surface area contributed by atoms with Crippen LogP contribution in [0.4, 0.5) is 0 Å². The van der Waals surface area contributed by atoms with Crippen LogP contribution in [0.15, 0.2) is 0 Å². The molecule has 5 heteroatoms. The molecule has 0 aromatic carbocycles. The third-order valence-electron chi connectivity index (χ3n) is 1.13. The molecule has 0 heterocycles. The van der Waals surface area contributed by atoms with E-state index in [0.29, 0.717) is 13.0 Å². The van der Waals surface area contributed by atoms with Crippen LogP contribution >= 0.6 is 0 Å². The van der Waals surface area contributed by atoms with Crippen LogP contribution in [0.5, 0.6) is 0 Å². The molecule has 0 aromatic heterocycles. The van der Waals surface area contributed by atoms with Crippen molar-refractivity contribution in [3.63, 3.8) is 0 Å². The van der Waals surface area contributed by atoms with Gasteiger partial charge in [0.15, 0.2) is 0 Å². The fourth-order valence-electron chi connectivity index (χ4n) is 0.533. The van der Waals surface area contributed by atoms with E-state index in [2.05, 4.69) is 0 Å². The van der Waals surface area contributed by atoms with Gasteiger partial charge in [0.05, 0.1) is 0 Å². The van der Waals surface area contributed by atoms with Crippen LogP contribution in [0.1, 0.15) is 6.42 Å². The molecular formula is C5H11N2NaO2. The van der Waals surface area contributed by atoms with Gasteiger partial charge in [-0.05, 0) is 13.0 Å². The third-order valence-corrected chi connectivity index (χ3v) is 1.13. The van der Waals surface area contributed by atoms with Gasteiger partial charge in [0.25, 0.3) is 0 Å². The monoisotopic (exact) mass is 154 g/mol. The first-order chi connectivity index (χ1) is 4.22. The van der Waals surface area contributed by atoms with E-state index in [1.165, 1.54) is 0 Å². The summed E-state index contributed by atoms with van der Waals surface area (Å²) in [7, 11) is 0. The van der Waals surface area contributed by atoms with E-state index in [4.69, 9.17) is 11.5 Å². The molecule has 0 rings (SSSR count). The van der Waals surface area contributed by atoms with Crippen LogP contribution in [0, 0.1) is 5.92 Å². The zero-order chi connectivity index (χ0) is 7.28. The van der Waals surface area contributed by atoms with Crippen molar-refractivity contribution >= 4 is 5.97 Å². The maximum Gasteiger partial charge on any atom is 1.00 e. The van der Waals surface area contributed by atoms with Crippen LogP contribution in [0.25, 0.3) is 0 Å². The van der Waals surface area contributed by atoms with Crippen molar-refractivity contribution in [2.45, 2.75) is 6.42 Å². The van der Waals surface area contributed by atoms with Gasteiger partial charge in [0.2, 0.25) is 0 Å². The summed E-state index contributed by atoms with van der Waals surface area (Å²) in [5, 5.41) is 10.1. The molecule has 0 bridgehead atoms. The first-order valence-corrected chi connectivity index (χ1v) is 2.83. The molecule has 0 saturated heterocycles. The van der Waals surface area contributed by atoms with Crippen LogP contribution in [0.3, 0.4) is 0 Å². The van der Waals surface area contributed by atoms with Crippen molar-refractivity contribution in [3.05, 3.63) is 0 Å². The summed E-state index contributed by atoms with van der Waals surface area (Å²) in [6, 6.07) is 0. The minimum Gasteiger partial charge on any atom is -0.550 e. The van der Waals surface area contributed by atoms with E-state index >= 15 is 0 Å². The van der Waals surface area contributed by atoms with E-state index < -0.39 is 11.9 Å². The van der Waals surface area contributed by atoms with Gasteiger partial charge in [-0.3, -0.25) is 0 Å². The summed E-state index contributed by atoms with van der Waals surface area (Å²) >= 11 is 0. The van der Waals surface area contributed by atoms with Gasteiger partial charge in [0.1, 0.15) is 0 Å². The van der Waals surface area contributed by atoms with Gasteiger partial charge in [-0.1, -0.05) is 0 Å². The number of carbonyl (C=O) groups is 1. The minimum absolute atomic E-state index is 0. The average molecular weight is 154 g/mol. The first-order valence-electron chi connectivity index (χ1n) is 2.83. The second kappa shape index (κ2) is 7.50. The van der Waals surface area contributed by atoms with Crippen LogP contribution < -0.4 is 46.1 Å². The maximum absolute atomic E-state index is 10.1. The molecule has 0 amide bonds. The van der Waals surface area contributed by atoms with E-state index in [9.17, 15) is 9.90 Å². The zero-order valence-electron chi connectivity index (χ0n) is 6.17. The molecule has 1 unspecified atom stereocenters. The summed E-state index contributed by atoms with van der Waals surface area (Å²) in [6.45, 7) is 0.454. The molecule has 4 nitrogen and oxygen atoms in total. The van der Waals surface area contributed by atoms with Gasteiger partial charge in [-0.25, -0.2) is 0 Å². The minimum atomic E-state index is -1.11. The Bertz CT molecular complexity index is 99.6. The van der Waals surface area contributed by atoms with Crippen molar-refractivity contribution in [2.24, 2.45) is 17.4 Å². The fourth-order valence-corrected chi connectivity index (χ4v) is 0.533. The number of rotatable bonds is 4. The number of carboxylic acid groups (broad SMARTS) is 1. The standard InChI is InChI=1S/C5H12N2O2.Na/c6-2-1-4(3-7)5(8)9;/h4H,1-3,6-7H2,(H,8,9);/q;+1/p-1. The molecule has 0 aliphatic carbocycles. The Morgan fingerprint density at radius 2 is 2.00 bits per heavy atom. The predicted octanol–water partition coefficient (Wildman–Crippen LogP) is -5.34. The molecule has 0 aromatic rings. The van der Waals surface area contributed by atoms with E-state index in [1.807, 2.05) is 0 Å². The smallest absolute Gasteiger partial charge is 0.550 e. The van der Waals surface area contributed by atoms with Gasteiger partial charge < -0.3 is 21.4 Å². The van der Waals surface area contributed by atoms with Crippen molar-refractivity contribution in [1.29, 1.82) is 0 Å². The quantitative estimate of drug-likeness (QED) is 0.395. The third kappa shape index (κ3) is 5.20. The Morgan fingerprint density at radius 3 is 2.10 bits per heavy atom. The molecule has 0 aliphatic heterocycles. The molecule has 0 spiro atoms. The number of carboxylic acids is 1. The van der Waals surface area contributed by atoms with Gasteiger partial charge in [0, 0.05) is 18.4 Å². The summed E-state index contributed by atoms with van der Waals surface area (Å²) < 4.78 is 0. The van der Waals surface area contributed by atoms with E-state index in [1.54, 1.807) is 0 Å². The molecule has 10 heavy (non-hydrogen) atoms. The number of aliphatic carboxylic acids is 1. The number of hydrogen-bond donors (Lipinski definition) is 2. The van der Waals surface area contributed by atoms with E-state index in [-0.39, 0.29) is 36.1 Å². The zero-order valence-corrected chi connectivity index (χ0v) is 8.17. The molecule has 0 fully saturated rings. The maximum atomic E-state index is 10.1. The summed E-state index contributed by atoms with van der Waals surface area (Å²) in [4.78, 5) is 10.1.